The highest BCUT2D eigenvalue weighted by molar-refractivity contribution is 4.81. The molecule has 0 radical (unpaired) electrons. The SMILES string of the molecule is CC1(COCC(C)(O)N2CCCC2)CCCCC1. The average molecular weight is 255 g/mol. The van der Waals surface area contributed by atoms with Crippen LogP contribution in [0.3, 0.4) is 0 Å². The fourth-order valence-electron chi connectivity index (χ4n) is 3.33. The highest BCUT2D eigenvalue weighted by Gasteiger charge is 2.33. The van der Waals surface area contributed by atoms with E-state index in [1.54, 1.807) is 0 Å². The second-order valence-corrected chi connectivity index (χ2v) is 6.78. The summed E-state index contributed by atoms with van der Waals surface area (Å²) in [5.41, 5.74) is -0.430. The van der Waals surface area contributed by atoms with E-state index in [2.05, 4.69) is 11.8 Å². The lowest BCUT2D eigenvalue weighted by Gasteiger charge is -2.37. The Morgan fingerprint density at radius 1 is 1.11 bits per heavy atom. The van der Waals surface area contributed by atoms with E-state index in [1.165, 1.54) is 44.9 Å². The minimum absolute atomic E-state index is 0.347. The van der Waals surface area contributed by atoms with Crippen molar-refractivity contribution in [3.8, 4) is 0 Å². The van der Waals surface area contributed by atoms with Gasteiger partial charge in [-0.05, 0) is 38.0 Å². The quantitative estimate of drug-likeness (QED) is 0.820. The number of hydrogen-bond donors (Lipinski definition) is 1. The number of aliphatic hydroxyl groups is 1. The maximum atomic E-state index is 10.4. The van der Waals surface area contributed by atoms with E-state index in [0.717, 1.165) is 19.7 Å². The lowest BCUT2D eigenvalue weighted by Crippen LogP contribution is -2.48. The van der Waals surface area contributed by atoms with Gasteiger partial charge < -0.3 is 9.84 Å². The van der Waals surface area contributed by atoms with Gasteiger partial charge in [0.15, 0.2) is 0 Å². The molecule has 1 heterocycles. The van der Waals surface area contributed by atoms with Crippen LogP contribution in [0, 0.1) is 5.41 Å². The Bertz CT molecular complexity index is 253. The topological polar surface area (TPSA) is 32.7 Å². The van der Waals surface area contributed by atoms with Gasteiger partial charge in [0.05, 0.1) is 13.2 Å². The maximum absolute atomic E-state index is 10.4. The van der Waals surface area contributed by atoms with Crippen molar-refractivity contribution in [2.45, 2.75) is 64.5 Å². The van der Waals surface area contributed by atoms with Crippen LogP contribution in [-0.2, 0) is 4.74 Å². The van der Waals surface area contributed by atoms with Gasteiger partial charge in [-0.2, -0.15) is 0 Å². The van der Waals surface area contributed by atoms with Crippen LogP contribution in [0.4, 0.5) is 0 Å². The van der Waals surface area contributed by atoms with Crippen molar-refractivity contribution in [3.05, 3.63) is 0 Å². The lowest BCUT2D eigenvalue weighted by molar-refractivity contribution is -0.141. The summed E-state index contributed by atoms with van der Waals surface area (Å²) in [6.45, 7) is 7.49. The van der Waals surface area contributed by atoms with Gasteiger partial charge in [-0.1, -0.05) is 26.2 Å². The summed E-state index contributed by atoms with van der Waals surface area (Å²) in [6.07, 6.45) is 9.01. The summed E-state index contributed by atoms with van der Waals surface area (Å²) in [5, 5.41) is 10.4. The van der Waals surface area contributed by atoms with Crippen LogP contribution in [0.15, 0.2) is 0 Å². The summed E-state index contributed by atoms with van der Waals surface area (Å²) in [4.78, 5) is 2.15. The molecule has 1 N–H and O–H groups in total. The van der Waals surface area contributed by atoms with E-state index in [0.29, 0.717) is 12.0 Å². The summed E-state index contributed by atoms with van der Waals surface area (Å²) >= 11 is 0. The molecule has 0 aromatic carbocycles. The fourth-order valence-corrected chi connectivity index (χ4v) is 3.33. The minimum atomic E-state index is -0.776. The molecule has 0 aromatic rings. The van der Waals surface area contributed by atoms with Gasteiger partial charge in [-0.15, -0.1) is 0 Å². The Kier molecular flexibility index (Phi) is 4.68. The van der Waals surface area contributed by atoms with Crippen LogP contribution in [0.2, 0.25) is 0 Å². The number of hydrogen-bond acceptors (Lipinski definition) is 3. The highest BCUT2D eigenvalue weighted by Crippen LogP contribution is 2.36. The molecule has 0 aromatic heterocycles. The zero-order valence-electron chi connectivity index (χ0n) is 12.1. The first-order valence-corrected chi connectivity index (χ1v) is 7.57. The molecule has 1 unspecified atom stereocenters. The van der Waals surface area contributed by atoms with Crippen LogP contribution in [-0.4, -0.2) is 42.0 Å². The van der Waals surface area contributed by atoms with Gasteiger partial charge in [-0.3, -0.25) is 4.90 Å². The van der Waals surface area contributed by atoms with Crippen LogP contribution in [0.25, 0.3) is 0 Å². The van der Waals surface area contributed by atoms with Gasteiger partial charge in [0, 0.05) is 13.1 Å². The Morgan fingerprint density at radius 3 is 2.33 bits per heavy atom. The third kappa shape index (κ3) is 3.69. The maximum Gasteiger partial charge on any atom is 0.139 e. The van der Waals surface area contributed by atoms with Crippen LogP contribution >= 0.6 is 0 Å². The zero-order valence-corrected chi connectivity index (χ0v) is 12.1. The van der Waals surface area contributed by atoms with E-state index >= 15 is 0 Å². The molecule has 3 nitrogen and oxygen atoms in total. The second-order valence-electron chi connectivity index (χ2n) is 6.78. The molecule has 3 heteroatoms. The molecule has 2 rings (SSSR count). The molecule has 106 valence electrons. The van der Waals surface area contributed by atoms with E-state index in [-0.39, 0.29) is 0 Å². The summed E-state index contributed by atoms with van der Waals surface area (Å²) in [7, 11) is 0. The van der Waals surface area contributed by atoms with Crippen molar-refractivity contribution in [2.24, 2.45) is 5.41 Å². The minimum Gasteiger partial charge on any atom is -0.376 e. The molecule has 0 spiro atoms. The molecule has 1 atom stereocenters. The van der Waals surface area contributed by atoms with Crippen molar-refractivity contribution >= 4 is 0 Å². The first-order valence-electron chi connectivity index (χ1n) is 7.57. The molecule has 1 aliphatic heterocycles. The van der Waals surface area contributed by atoms with Gasteiger partial charge in [0.2, 0.25) is 0 Å². The molecule has 1 saturated heterocycles. The van der Waals surface area contributed by atoms with E-state index < -0.39 is 5.72 Å². The molecule has 0 amide bonds. The average Bonchev–Trinajstić information content (AvgIpc) is 2.83. The Balaban J connectivity index is 1.73. The molecular formula is C15H29NO2. The lowest BCUT2D eigenvalue weighted by atomic mass is 9.76. The monoisotopic (exact) mass is 255 g/mol. The van der Waals surface area contributed by atoms with Crippen LogP contribution in [0.5, 0.6) is 0 Å². The normalized spacial score (nSPS) is 28.2. The number of ether oxygens (including phenoxy) is 1. The van der Waals surface area contributed by atoms with Crippen LogP contribution in [0.1, 0.15) is 58.8 Å². The fraction of sp³-hybridized carbons (Fsp3) is 1.00. The first-order chi connectivity index (χ1) is 8.52. The molecule has 2 aliphatic rings. The molecular weight excluding hydrogens is 226 g/mol. The standard InChI is InChI=1S/C15H29NO2/c1-14(8-4-3-5-9-14)12-18-13-15(2,17)16-10-6-7-11-16/h17H,3-13H2,1-2H3. The second kappa shape index (κ2) is 5.89. The van der Waals surface area contributed by atoms with Crippen molar-refractivity contribution in [1.82, 2.24) is 4.90 Å². The van der Waals surface area contributed by atoms with Gasteiger partial charge >= 0.3 is 0 Å². The Hall–Kier alpha value is -0.120. The predicted octanol–water partition coefficient (Wildman–Crippen LogP) is 2.78. The number of nitrogens with zero attached hydrogens (tertiary/aromatic N) is 1. The Labute approximate surface area is 112 Å². The van der Waals surface area contributed by atoms with Crippen molar-refractivity contribution in [1.29, 1.82) is 0 Å². The summed E-state index contributed by atoms with van der Waals surface area (Å²) < 4.78 is 5.86. The summed E-state index contributed by atoms with van der Waals surface area (Å²) in [6, 6.07) is 0. The molecule has 2 fully saturated rings. The van der Waals surface area contributed by atoms with Crippen molar-refractivity contribution in [2.75, 3.05) is 26.3 Å². The van der Waals surface area contributed by atoms with Gasteiger partial charge in [-0.25, -0.2) is 0 Å². The number of likely N-dealkylation sites (tertiary alicyclic amines) is 1. The van der Waals surface area contributed by atoms with E-state index in [1.807, 2.05) is 6.92 Å². The van der Waals surface area contributed by atoms with Gasteiger partial charge in [0.25, 0.3) is 0 Å². The van der Waals surface area contributed by atoms with E-state index in [4.69, 9.17) is 4.74 Å². The summed E-state index contributed by atoms with van der Waals surface area (Å²) in [5.74, 6) is 0. The smallest absolute Gasteiger partial charge is 0.139 e. The molecule has 1 aliphatic carbocycles. The first kappa shape index (κ1) is 14.3. The zero-order chi connectivity index (χ0) is 13.1. The molecule has 0 bridgehead atoms. The Morgan fingerprint density at radius 2 is 1.72 bits per heavy atom. The third-order valence-electron chi connectivity index (χ3n) is 4.67. The van der Waals surface area contributed by atoms with E-state index in [9.17, 15) is 5.11 Å². The largest absolute Gasteiger partial charge is 0.376 e. The van der Waals surface area contributed by atoms with Gasteiger partial charge in [0.1, 0.15) is 5.72 Å². The third-order valence-corrected chi connectivity index (χ3v) is 4.67. The molecule has 18 heavy (non-hydrogen) atoms. The van der Waals surface area contributed by atoms with Crippen molar-refractivity contribution < 1.29 is 9.84 Å². The molecule has 1 saturated carbocycles. The number of rotatable bonds is 5. The highest BCUT2D eigenvalue weighted by atomic mass is 16.5. The predicted molar refractivity (Wildman–Crippen MR) is 73.4 cm³/mol. The van der Waals surface area contributed by atoms with Crippen molar-refractivity contribution in [3.63, 3.8) is 0 Å². The van der Waals surface area contributed by atoms with Crippen LogP contribution < -0.4 is 0 Å².